The number of nitrogens with two attached hydrogens (primary N) is 1. The van der Waals surface area contributed by atoms with Crippen molar-refractivity contribution in [3.05, 3.63) is 24.3 Å². The van der Waals surface area contributed by atoms with Crippen molar-refractivity contribution < 1.29 is 9.53 Å². The summed E-state index contributed by atoms with van der Waals surface area (Å²) in [6.07, 6.45) is 0.854. The van der Waals surface area contributed by atoms with E-state index in [1.54, 1.807) is 11.9 Å². The van der Waals surface area contributed by atoms with Gasteiger partial charge in [-0.05, 0) is 51.1 Å². The van der Waals surface area contributed by atoms with E-state index in [1.807, 2.05) is 45.0 Å². The van der Waals surface area contributed by atoms with Crippen LogP contribution in [0.5, 0.6) is 5.75 Å². The van der Waals surface area contributed by atoms with Crippen LogP contribution in [0.4, 0.5) is 5.69 Å². The highest BCUT2D eigenvalue weighted by atomic mass is 16.5. The largest absolute Gasteiger partial charge is 0.491 e. The topological polar surface area (TPSA) is 55.6 Å². The van der Waals surface area contributed by atoms with Crippen molar-refractivity contribution in [2.45, 2.75) is 33.3 Å². The van der Waals surface area contributed by atoms with Crippen molar-refractivity contribution >= 4 is 11.6 Å². The molecule has 0 aliphatic carbocycles. The van der Waals surface area contributed by atoms with Crippen LogP contribution in [-0.2, 0) is 4.79 Å². The van der Waals surface area contributed by atoms with Crippen LogP contribution in [0.3, 0.4) is 0 Å². The Morgan fingerprint density at radius 2 is 1.84 bits per heavy atom. The minimum absolute atomic E-state index is 0.0541. The zero-order chi connectivity index (χ0) is 14.4. The number of hydrogen-bond donors (Lipinski definition) is 1. The van der Waals surface area contributed by atoms with Crippen LogP contribution in [0.2, 0.25) is 0 Å². The van der Waals surface area contributed by atoms with Crippen LogP contribution in [0.25, 0.3) is 0 Å². The predicted molar refractivity (Wildman–Crippen MR) is 78.5 cm³/mol. The molecule has 1 atom stereocenters. The van der Waals surface area contributed by atoms with Gasteiger partial charge in [-0.2, -0.15) is 0 Å². The first-order valence-electron chi connectivity index (χ1n) is 6.70. The Kier molecular flexibility index (Phi) is 5.83. The Hall–Kier alpha value is -1.55. The number of carbonyl (C=O) groups is 1. The van der Waals surface area contributed by atoms with E-state index in [0.29, 0.717) is 13.0 Å². The van der Waals surface area contributed by atoms with Crippen molar-refractivity contribution in [2.75, 3.05) is 18.5 Å². The van der Waals surface area contributed by atoms with Crippen LogP contribution >= 0.6 is 0 Å². The van der Waals surface area contributed by atoms with Gasteiger partial charge in [-0.1, -0.05) is 6.92 Å². The third-order valence-corrected chi connectivity index (χ3v) is 2.95. The van der Waals surface area contributed by atoms with Gasteiger partial charge in [-0.3, -0.25) is 4.79 Å². The highest BCUT2D eigenvalue weighted by molar-refractivity contribution is 5.94. The minimum atomic E-state index is -0.0541. The van der Waals surface area contributed by atoms with E-state index in [1.165, 1.54) is 0 Å². The monoisotopic (exact) mass is 264 g/mol. The Morgan fingerprint density at radius 1 is 1.26 bits per heavy atom. The maximum absolute atomic E-state index is 12.1. The van der Waals surface area contributed by atoms with Crippen LogP contribution in [0.1, 0.15) is 27.2 Å². The molecule has 1 aromatic rings. The first-order chi connectivity index (χ1) is 8.95. The molecule has 4 heteroatoms. The zero-order valence-electron chi connectivity index (χ0n) is 12.2. The number of ether oxygens (including phenoxy) is 1. The number of amides is 1. The first-order valence-corrected chi connectivity index (χ1v) is 6.70. The summed E-state index contributed by atoms with van der Waals surface area (Å²) in [7, 11) is 1.79. The van der Waals surface area contributed by atoms with Crippen molar-refractivity contribution in [2.24, 2.45) is 11.7 Å². The molecule has 1 unspecified atom stereocenters. The van der Waals surface area contributed by atoms with Crippen molar-refractivity contribution in [3.63, 3.8) is 0 Å². The van der Waals surface area contributed by atoms with Crippen molar-refractivity contribution in [1.29, 1.82) is 0 Å². The maximum Gasteiger partial charge on any atom is 0.229 e. The molecule has 19 heavy (non-hydrogen) atoms. The Bertz CT molecular complexity index is 401. The number of rotatable bonds is 6. The third kappa shape index (κ3) is 4.56. The fourth-order valence-corrected chi connectivity index (χ4v) is 1.85. The second-order valence-electron chi connectivity index (χ2n) is 5.04. The van der Waals surface area contributed by atoms with Gasteiger partial charge in [-0.15, -0.1) is 0 Å². The van der Waals surface area contributed by atoms with Crippen LogP contribution in [0.15, 0.2) is 24.3 Å². The average molecular weight is 264 g/mol. The Labute approximate surface area is 115 Å². The number of hydrogen-bond acceptors (Lipinski definition) is 3. The molecule has 0 radical (unpaired) electrons. The Balaban J connectivity index is 2.72. The molecule has 0 aromatic heterocycles. The number of benzene rings is 1. The Morgan fingerprint density at radius 3 is 2.32 bits per heavy atom. The molecule has 1 amide bonds. The lowest BCUT2D eigenvalue weighted by Gasteiger charge is -2.21. The summed E-state index contributed by atoms with van der Waals surface area (Å²) >= 11 is 0. The van der Waals surface area contributed by atoms with Crippen LogP contribution in [-0.4, -0.2) is 25.6 Å². The summed E-state index contributed by atoms with van der Waals surface area (Å²) in [6, 6.07) is 7.55. The van der Waals surface area contributed by atoms with Crippen molar-refractivity contribution in [1.82, 2.24) is 0 Å². The summed E-state index contributed by atoms with van der Waals surface area (Å²) in [4.78, 5) is 13.8. The predicted octanol–water partition coefficient (Wildman–Crippen LogP) is 2.42. The van der Waals surface area contributed by atoms with Gasteiger partial charge in [0.25, 0.3) is 0 Å². The number of carbonyl (C=O) groups excluding carboxylic acids is 1. The number of nitrogens with zero attached hydrogens (tertiary/aromatic N) is 1. The fourth-order valence-electron chi connectivity index (χ4n) is 1.85. The molecule has 2 N–H and O–H groups in total. The van der Waals surface area contributed by atoms with Gasteiger partial charge in [0.15, 0.2) is 0 Å². The van der Waals surface area contributed by atoms with Gasteiger partial charge in [0.05, 0.1) is 6.10 Å². The molecule has 0 heterocycles. The smallest absolute Gasteiger partial charge is 0.229 e. The molecule has 0 aliphatic rings. The maximum atomic E-state index is 12.1. The van der Waals surface area contributed by atoms with Gasteiger partial charge in [0.2, 0.25) is 5.91 Å². The van der Waals surface area contributed by atoms with Gasteiger partial charge in [0.1, 0.15) is 5.75 Å². The highest BCUT2D eigenvalue weighted by Crippen LogP contribution is 2.21. The molecule has 0 spiro atoms. The summed E-state index contributed by atoms with van der Waals surface area (Å²) in [6.45, 7) is 6.40. The average Bonchev–Trinajstić information content (AvgIpc) is 2.37. The van der Waals surface area contributed by atoms with Crippen molar-refractivity contribution in [3.8, 4) is 5.75 Å². The van der Waals surface area contributed by atoms with E-state index in [-0.39, 0.29) is 17.9 Å². The molecular formula is C15H24N2O2. The molecule has 0 fully saturated rings. The molecule has 1 aromatic carbocycles. The van der Waals surface area contributed by atoms with Gasteiger partial charge in [-0.25, -0.2) is 0 Å². The lowest BCUT2D eigenvalue weighted by Crippen LogP contribution is -2.32. The van der Waals surface area contributed by atoms with E-state index in [2.05, 4.69) is 0 Å². The molecule has 0 saturated heterocycles. The van der Waals surface area contributed by atoms with Crippen LogP contribution < -0.4 is 15.4 Å². The first kappa shape index (κ1) is 15.5. The van der Waals surface area contributed by atoms with E-state index < -0.39 is 0 Å². The second kappa shape index (κ2) is 7.14. The summed E-state index contributed by atoms with van der Waals surface area (Å²) in [5.74, 6) is 0.846. The third-order valence-electron chi connectivity index (χ3n) is 2.95. The van der Waals surface area contributed by atoms with E-state index in [0.717, 1.165) is 11.4 Å². The lowest BCUT2D eigenvalue weighted by molar-refractivity contribution is -0.121. The summed E-state index contributed by atoms with van der Waals surface area (Å²) in [5, 5.41) is 0. The SMILES string of the molecule is CC(C)Oc1ccc(N(C)C(=O)C(C)CCN)cc1. The number of anilines is 1. The zero-order valence-corrected chi connectivity index (χ0v) is 12.2. The molecule has 0 bridgehead atoms. The van der Waals surface area contributed by atoms with E-state index >= 15 is 0 Å². The molecule has 106 valence electrons. The van der Waals surface area contributed by atoms with Gasteiger partial charge < -0.3 is 15.4 Å². The fraction of sp³-hybridized carbons (Fsp3) is 0.533. The quantitative estimate of drug-likeness (QED) is 0.858. The van der Waals surface area contributed by atoms with E-state index in [9.17, 15) is 4.79 Å². The molecule has 0 aliphatic heterocycles. The van der Waals surface area contributed by atoms with Gasteiger partial charge in [0, 0.05) is 18.7 Å². The summed E-state index contributed by atoms with van der Waals surface area (Å²) < 4.78 is 5.58. The minimum Gasteiger partial charge on any atom is -0.491 e. The van der Waals surface area contributed by atoms with E-state index in [4.69, 9.17) is 10.5 Å². The molecule has 1 rings (SSSR count). The lowest BCUT2D eigenvalue weighted by atomic mass is 10.1. The standard InChI is InChI=1S/C15H24N2O2/c1-11(2)19-14-7-5-13(6-8-14)17(4)15(18)12(3)9-10-16/h5-8,11-12H,9-10,16H2,1-4H3. The molecule has 4 nitrogen and oxygen atoms in total. The molecule has 0 saturated carbocycles. The molecular weight excluding hydrogens is 240 g/mol. The summed E-state index contributed by atoms with van der Waals surface area (Å²) in [5.41, 5.74) is 6.35. The highest BCUT2D eigenvalue weighted by Gasteiger charge is 2.17. The normalized spacial score (nSPS) is 12.3. The second-order valence-corrected chi connectivity index (χ2v) is 5.04. The van der Waals surface area contributed by atoms with Gasteiger partial charge >= 0.3 is 0 Å². The van der Waals surface area contributed by atoms with Crippen LogP contribution in [0, 0.1) is 5.92 Å².